The third kappa shape index (κ3) is 3.19. The molecule has 0 aromatic carbocycles. The van der Waals surface area contributed by atoms with Crippen molar-refractivity contribution in [1.29, 1.82) is 0 Å². The highest BCUT2D eigenvalue weighted by Gasteiger charge is 2.40. The van der Waals surface area contributed by atoms with Crippen LogP contribution in [0.1, 0.15) is 32.6 Å². The van der Waals surface area contributed by atoms with Crippen molar-refractivity contribution < 1.29 is 9.53 Å². The van der Waals surface area contributed by atoms with Crippen LogP contribution in [0.4, 0.5) is 0 Å². The Bertz CT molecular complexity index is 262. The smallest absolute Gasteiger partial charge is 0.224 e. The Balaban J connectivity index is 1.78. The Morgan fingerprint density at radius 3 is 2.82 bits per heavy atom. The predicted octanol–water partition coefficient (Wildman–Crippen LogP) is 1.02. The van der Waals surface area contributed by atoms with Gasteiger partial charge in [-0.25, -0.2) is 0 Å². The second-order valence-corrected chi connectivity index (χ2v) is 5.26. The molecule has 0 unspecified atom stereocenters. The largest absolute Gasteiger partial charge is 0.381 e. The first kappa shape index (κ1) is 12.8. The molecule has 2 heterocycles. The van der Waals surface area contributed by atoms with Crippen LogP contribution >= 0.6 is 0 Å². The SMILES string of the molecule is CCOCCC(=O)N1CCC2(CCNCC2)C1. The van der Waals surface area contributed by atoms with Gasteiger partial charge in [0.2, 0.25) is 5.91 Å². The number of likely N-dealkylation sites (tertiary alicyclic amines) is 1. The summed E-state index contributed by atoms with van der Waals surface area (Å²) in [6.07, 6.45) is 4.18. The van der Waals surface area contributed by atoms with Gasteiger partial charge >= 0.3 is 0 Å². The van der Waals surface area contributed by atoms with E-state index in [1.165, 1.54) is 19.3 Å². The van der Waals surface area contributed by atoms with Crippen molar-refractivity contribution in [2.45, 2.75) is 32.6 Å². The molecule has 4 heteroatoms. The van der Waals surface area contributed by atoms with Gasteiger partial charge in [0.1, 0.15) is 0 Å². The van der Waals surface area contributed by atoms with Crippen molar-refractivity contribution in [2.75, 3.05) is 39.4 Å². The first-order chi connectivity index (χ1) is 8.26. The normalized spacial score (nSPS) is 23.2. The summed E-state index contributed by atoms with van der Waals surface area (Å²) in [4.78, 5) is 14.0. The Morgan fingerprint density at radius 1 is 1.35 bits per heavy atom. The second-order valence-electron chi connectivity index (χ2n) is 5.26. The summed E-state index contributed by atoms with van der Waals surface area (Å²) in [7, 11) is 0. The molecule has 2 aliphatic rings. The minimum atomic E-state index is 0.272. The maximum Gasteiger partial charge on any atom is 0.224 e. The van der Waals surface area contributed by atoms with E-state index in [1.807, 2.05) is 11.8 Å². The fourth-order valence-electron chi connectivity index (χ4n) is 2.98. The molecule has 0 aliphatic carbocycles. The molecule has 4 nitrogen and oxygen atoms in total. The molecule has 2 aliphatic heterocycles. The molecule has 2 fully saturated rings. The molecule has 1 amide bonds. The third-order valence-electron chi connectivity index (χ3n) is 4.12. The molecular weight excluding hydrogens is 216 g/mol. The molecule has 0 aromatic rings. The van der Waals surface area contributed by atoms with E-state index in [-0.39, 0.29) is 5.91 Å². The van der Waals surface area contributed by atoms with Crippen LogP contribution in [0.15, 0.2) is 0 Å². The van der Waals surface area contributed by atoms with Gasteiger partial charge in [0.15, 0.2) is 0 Å². The lowest BCUT2D eigenvalue weighted by molar-refractivity contribution is -0.131. The van der Waals surface area contributed by atoms with Gasteiger partial charge in [0.25, 0.3) is 0 Å². The van der Waals surface area contributed by atoms with Crippen LogP contribution < -0.4 is 5.32 Å². The number of nitrogens with one attached hydrogen (secondary N) is 1. The monoisotopic (exact) mass is 240 g/mol. The van der Waals surface area contributed by atoms with Crippen LogP contribution in [-0.4, -0.2) is 50.2 Å². The van der Waals surface area contributed by atoms with Crippen molar-refractivity contribution in [3.8, 4) is 0 Å². The first-order valence-corrected chi connectivity index (χ1v) is 6.82. The second kappa shape index (κ2) is 5.83. The molecule has 17 heavy (non-hydrogen) atoms. The zero-order valence-corrected chi connectivity index (χ0v) is 10.8. The number of piperidine rings is 1. The van der Waals surface area contributed by atoms with Gasteiger partial charge in [-0.05, 0) is 44.7 Å². The van der Waals surface area contributed by atoms with E-state index < -0.39 is 0 Å². The first-order valence-electron chi connectivity index (χ1n) is 6.82. The quantitative estimate of drug-likeness (QED) is 0.746. The molecule has 0 aromatic heterocycles. The number of rotatable bonds is 4. The van der Waals surface area contributed by atoms with E-state index in [9.17, 15) is 4.79 Å². The lowest BCUT2D eigenvalue weighted by Gasteiger charge is -2.33. The standard InChI is InChI=1S/C13H24N2O2/c1-2-17-10-3-12(16)15-9-6-13(11-15)4-7-14-8-5-13/h14H,2-11H2,1H3. The number of ether oxygens (including phenoxy) is 1. The van der Waals surface area contributed by atoms with Crippen molar-refractivity contribution in [3.63, 3.8) is 0 Å². The summed E-state index contributed by atoms with van der Waals surface area (Å²) in [5, 5.41) is 3.40. The van der Waals surface area contributed by atoms with Crippen LogP contribution in [-0.2, 0) is 9.53 Å². The van der Waals surface area contributed by atoms with Crippen molar-refractivity contribution in [3.05, 3.63) is 0 Å². The van der Waals surface area contributed by atoms with Gasteiger partial charge in [-0.3, -0.25) is 4.79 Å². The Kier molecular flexibility index (Phi) is 4.40. The van der Waals surface area contributed by atoms with Gasteiger partial charge in [0, 0.05) is 19.7 Å². The number of amides is 1. The fraction of sp³-hybridized carbons (Fsp3) is 0.923. The van der Waals surface area contributed by atoms with Gasteiger partial charge < -0.3 is 15.0 Å². The van der Waals surface area contributed by atoms with Crippen LogP contribution in [0.3, 0.4) is 0 Å². The Morgan fingerprint density at radius 2 is 2.12 bits per heavy atom. The zero-order valence-electron chi connectivity index (χ0n) is 10.8. The molecule has 1 N–H and O–H groups in total. The van der Waals surface area contributed by atoms with Crippen molar-refractivity contribution in [1.82, 2.24) is 10.2 Å². The highest BCUT2D eigenvalue weighted by molar-refractivity contribution is 5.76. The maximum absolute atomic E-state index is 12.0. The highest BCUT2D eigenvalue weighted by Crippen LogP contribution is 2.38. The molecule has 0 radical (unpaired) electrons. The number of hydrogen-bond acceptors (Lipinski definition) is 3. The summed E-state index contributed by atoms with van der Waals surface area (Å²) in [6, 6.07) is 0. The number of carbonyl (C=O) groups is 1. The topological polar surface area (TPSA) is 41.6 Å². The fourth-order valence-corrected chi connectivity index (χ4v) is 2.98. The highest BCUT2D eigenvalue weighted by atomic mass is 16.5. The summed E-state index contributed by atoms with van der Waals surface area (Å²) >= 11 is 0. The zero-order chi connectivity index (χ0) is 12.1. The summed E-state index contributed by atoms with van der Waals surface area (Å²) < 4.78 is 5.24. The molecule has 1 spiro atoms. The van der Waals surface area contributed by atoms with E-state index in [1.54, 1.807) is 0 Å². The molecular formula is C13H24N2O2. The van der Waals surface area contributed by atoms with Crippen LogP contribution in [0.2, 0.25) is 0 Å². The number of hydrogen-bond donors (Lipinski definition) is 1. The number of carbonyl (C=O) groups excluding carboxylic acids is 1. The molecule has 2 rings (SSSR count). The molecule has 98 valence electrons. The summed E-state index contributed by atoms with van der Waals surface area (Å²) in [6.45, 7) is 7.38. The van der Waals surface area contributed by atoms with Crippen LogP contribution in [0.25, 0.3) is 0 Å². The van der Waals surface area contributed by atoms with E-state index in [0.717, 1.165) is 26.2 Å². The molecule has 0 bridgehead atoms. The molecule has 0 saturated carbocycles. The maximum atomic E-state index is 12.0. The lowest BCUT2D eigenvalue weighted by atomic mass is 9.78. The van der Waals surface area contributed by atoms with Crippen molar-refractivity contribution >= 4 is 5.91 Å². The number of nitrogens with zero attached hydrogens (tertiary/aromatic N) is 1. The minimum Gasteiger partial charge on any atom is -0.381 e. The lowest BCUT2D eigenvalue weighted by Crippen LogP contribution is -2.39. The van der Waals surface area contributed by atoms with Crippen LogP contribution in [0.5, 0.6) is 0 Å². The third-order valence-corrected chi connectivity index (χ3v) is 4.12. The van der Waals surface area contributed by atoms with Crippen LogP contribution in [0, 0.1) is 5.41 Å². The average molecular weight is 240 g/mol. The van der Waals surface area contributed by atoms with Gasteiger partial charge in [-0.2, -0.15) is 0 Å². The van der Waals surface area contributed by atoms with Crippen molar-refractivity contribution in [2.24, 2.45) is 5.41 Å². The summed E-state index contributed by atoms with van der Waals surface area (Å²) in [5.41, 5.74) is 0.423. The Hall–Kier alpha value is -0.610. The molecule has 0 atom stereocenters. The van der Waals surface area contributed by atoms with Gasteiger partial charge in [-0.1, -0.05) is 0 Å². The predicted molar refractivity (Wildman–Crippen MR) is 66.8 cm³/mol. The van der Waals surface area contributed by atoms with Gasteiger partial charge in [0.05, 0.1) is 13.0 Å². The Labute approximate surface area is 104 Å². The van der Waals surface area contributed by atoms with E-state index in [2.05, 4.69) is 5.32 Å². The van der Waals surface area contributed by atoms with E-state index in [4.69, 9.17) is 4.74 Å². The van der Waals surface area contributed by atoms with E-state index >= 15 is 0 Å². The minimum absolute atomic E-state index is 0.272. The average Bonchev–Trinajstić information content (AvgIpc) is 2.74. The van der Waals surface area contributed by atoms with Gasteiger partial charge in [-0.15, -0.1) is 0 Å². The summed E-state index contributed by atoms with van der Waals surface area (Å²) in [5.74, 6) is 0.272. The molecule has 2 saturated heterocycles. The van der Waals surface area contributed by atoms with E-state index in [0.29, 0.717) is 25.0 Å².